The number of rotatable bonds is 4. The molecule has 0 atom stereocenters. The van der Waals surface area contributed by atoms with Gasteiger partial charge in [-0.2, -0.15) is 5.10 Å². The van der Waals surface area contributed by atoms with E-state index in [2.05, 4.69) is 5.10 Å². The molecule has 0 unspecified atom stereocenters. The van der Waals surface area contributed by atoms with Crippen molar-refractivity contribution in [3.63, 3.8) is 0 Å². The Labute approximate surface area is 135 Å². The summed E-state index contributed by atoms with van der Waals surface area (Å²) in [6.45, 7) is 2.59. The molecule has 5 heteroatoms. The van der Waals surface area contributed by atoms with Crippen molar-refractivity contribution < 1.29 is 13.9 Å². The maximum atomic E-state index is 13.1. The molecule has 0 fully saturated rings. The molecule has 0 aliphatic heterocycles. The second-order valence-corrected chi connectivity index (χ2v) is 5.84. The lowest BCUT2D eigenvalue weighted by molar-refractivity contribution is 0.0511. The smallest absolute Gasteiger partial charge is 0.356 e. The van der Waals surface area contributed by atoms with Gasteiger partial charge in [0.15, 0.2) is 0 Å². The fourth-order valence-corrected chi connectivity index (χ4v) is 3.09. The van der Waals surface area contributed by atoms with Gasteiger partial charge in [-0.3, -0.25) is 4.68 Å². The number of aryl methyl sites for hydroxylation is 1. The molecule has 122 valence electrons. The van der Waals surface area contributed by atoms with E-state index in [4.69, 9.17) is 4.74 Å². The van der Waals surface area contributed by atoms with E-state index in [9.17, 15) is 9.18 Å². The molecule has 0 spiro atoms. The highest BCUT2D eigenvalue weighted by Crippen LogP contribution is 2.25. The number of halogens is 1. The SMILES string of the molecule is CCOC(=O)c1c2c(nn1Cc1ccc(F)cc1)CCCCC2. The Balaban J connectivity index is 1.97. The van der Waals surface area contributed by atoms with Gasteiger partial charge in [-0.05, 0) is 50.3 Å². The third-order valence-electron chi connectivity index (χ3n) is 4.19. The fraction of sp³-hybridized carbons (Fsp3) is 0.444. The van der Waals surface area contributed by atoms with Gasteiger partial charge in [0.25, 0.3) is 0 Å². The van der Waals surface area contributed by atoms with Gasteiger partial charge in [-0.25, -0.2) is 9.18 Å². The van der Waals surface area contributed by atoms with Crippen molar-refractivity contribution in [1.29, 1.82) is 0 Å². The molecule has 4 nitrogen and oxygen atoms in total. The van der Waals surface area contributed by atoms with Crippen LogP contribution in [0.25, 0.3) is 0 Å². The number of ether oxygens (including phenoxy) is 1. The monoisotopic (exact) mass is 316 g/mol. The molecule has 0 N–H and O–H groups in total. The van der Waals surface area contributed by atoms with Gasteiger partial charge in [0.2, 0.25) is 0 Å². The third kappa shape index (κ3) is 3.44. The first-order valence-electron chi connectivity index (χ1n) is 8.19. The van der Waals surface area contributed by atoms with Crippen LogP contribution in [0.5, 0.6) is 0 Å². The van der Waals surface area contributed by atoms with E-state index < -0.39 is 0 Å². The van der Waals surface area contributed by atoms with Crippen LogP contribution in [0.4, 0.5) is 4.39 Å². The number of aromatic nitrogens is 2. The van der Waals surface area contributed by atoms with Crippen LogP contribution in [0.2, 0.25) is 0 Å². The van der Waals surface area contributed by atoms with Crippen LogP contribution in [0, 0.1) is 5.82 Å². The highest BCUT2D eigenvalue weighted by atomic mass is 19.1. The van der Waals surface area contributed by atoms with Crippen molar-refractivity contribution in [3.05, 3.63) is 52.6 Å². The van der Waals surface area contributed by atoms with E-state index in [1.54, 1.807) is 23.7 Å². The number of esters is 1. The molecule has 0 saturated heterocycles. The van der Waals surface area contributed by atoms with Gasteiger partial charge in [-0.15, -0.1) is 0 Å². The molecule has 0 bridgehead atoms. The molecule has 1 aromatic heterocycles. The van der Waals surface area contributed by atoms with Crippen molar-refractivity contribution in [2.24, 2.45) is 0 Å². The number of hydrogen-bond donors (Lipinski definition) is 0. The van der Waals surface area contributed by atoms with Gasteiger partial charge >= 0.3 is 5.97 Å². The summed E-state index contributed by atoms with van der Waals surface area (Å²) in [5.74, 6) is -0.583. The second kappa shape index (κ2) is 6.94. The average molecular weight is 316 g/mol. The van der Waals surface area contributed by atoms with Crippen LogP contribution in [-0.2, 0) is 24.1 Å². The van der Waals surface area contributed by atoms with Gasteiger partial charge < -0.3 is 4.74 Å². The number of hydrogen-bond acceptors (Lipinski definition) is 3. The summed E-state index contributed by atoms with van der Waals surface area (Å²) < 4.78 is 20.0. The standard InChI is InChI=1S/C18H21FN2O2/c1-2-23-18(22)17-15-6-4-3-5-7-16(15)20-21(17)12-13-8-10-14(19)11-9-13/h8-11H,2-7,12H2,1H3. The average Bonchev–Trinajstić information content (AvgIpc) is 2.71. The summed E-state index contributed by atoms with van der Waals surface area (Å²) in [6, 6.07) is 6.29. The molecule has 1 aromatic carbocycles. The van der Waals surface area contributed by atoms with E-state index in [1.807, 2.05) is 0 Å². The second-order valence-electron chi connectivity index (χ2n) is 5.84. The topological polar surface area (TPSA) is 44.1 Å². The Bertz CT molecular complexity index is 692. The first-order valence-corrected chi connectivity index (χ1v) is 8.19. The van der Waals surface area contributed by atoms with Crippen LogP contribution >= 0.6 is 0 Å². The van der Waals surface area contributed by atoms with Gasteiger partial charge in [0.05, 0.1) is 18.8 Å². The zero-order chi connectivity index (χ0) is 16.2. The summed E-state index contributed by atoms with van der Waals surface area (Å²) in [7, 11) is 0. The maximum Gasteiger partial charge on any atom is 0.356 e. The number of carbonyl (C=O) groups excluding carboxylic acids is 1. The molecule has 1 heterocycles. The van der Waals surface area contributed by atoms with E-state index in [0.29, 0.717) is 18.8 Å². The van der Waals surface area contributed by atoms with E-state index in [0.717, 1.165) is 48.9 Å². The number of carbonyl (C=O) groups is 1. The predicted octanol–water partition coefficient (Wildman–Crippen LogP) is 3.52. The molecule has 1 aliphatic rings. The molecule has 1 aliphatic carbocycles. The molecule has 23 heavy (non-hydrogen) atoms. The van der Waals surface area contributed by atoms with Crippen LogP contribution in [0.3, 0.4) is 0 Å². The Hall–Kier alpha value is -2.17. The van der Waals surface area contributed by atoms with Gasteiger partial charge in [0, 0.05) is 5.56 Å². The molecule has 2 aromatic rings. The minimum Gasteiger partial charge on any atom is -0.461 e. The van der Waals surface area contributed by atoms with Crippen LogP contribution in [0.15, 0.2) is 24.3 Å². The fourth-order valence-electron chi connectivity index (χ4n) is 3.09. The quantitative estimate of drug-likeness (QED) is 0.640. The van der Waals surface area contributed by atoms with Gasteiger partial charge in [0.1, 0.15) is 11.5 Å². The first-order chi connectivity index (χ1) is 11.2. The van der Waals surface area contributed by atoms with Crippen molar-refractivity contribution in [2.75, 3.05) is 6.61 Å². The predicted molar refractivity (Wildman–Crippen MR) is 84.9 cm³/mol. The summed E-state index contributed by atoms with van der Waals surface area (Å²) >= 11 is 0. The van der Waals surface area contributed by atoms with E-state index in [1.165, 1.54) is 12.1 Å². The molecular formula is C18H21FN2O2. The highest BCUT2D eigenvalue weighted by Gasteiger charge is 2.25. The Morgan fingerprint density at radius 3 is 2.70 bits per heavy atom. The lowest BCUT2D eigenvalue weighted by Gasteiger charge is -2.09. The van der Waals surface area contributed by atoms with Crippen molar-refractivity contribution >= 4 is 5.97 Å². The van der Waals surface area contributed by atoms with Crippen LogP contribution in [-0.4, -0.2) is 22.4 Å². The Morgan fingerprint density at radius 2 is 1.96 bits per heavy atom. The minimum atomic E-state index is -0.315. The molecule has 0 amide bonds. The lowest BCUT2D eigenvalue weighted by Crippen LogP contribution is -2.16. The number of fused-ring (bicyclic) bond motifs is 1. The van der Waals surface area contributed by atoms with E-state index >= 15 is 0 Å². The third-order valence-corrected chi connectivity index (χ3v) is 4.19. The van der Waals surface area contributed by atoms with Crippen LogP contribution in [0.1, 0.15) is 53.5 Å². The molecule has 0 saturated carbocycles. The number of nitrogens with zero attached hydrogens (tertiary/aromatic N) is 2. The van der Waals surface area contributed by atoms with Gasteiger partial charge in [-0.1, -0.05) is 18.6 Å². The van der Waals surface area contributed by atoms with Crippen molar-refractivity contribution in [2.45, 2.75) is 45.6 Å². The van der Waals surface area contributed by atoms with Crippen molar-refractivity contribution in [1.82, 2.24) is 9.78 Å². The maximum absolute atomic E-state index is 13.1. The molecule has 0 radical (unpaired) electrons. The normalized spacial score (nSPS) is 14.2. The summed E-state index contributed by atoms with van der Waals surface area (Å²) in [4.78, 5) is 12.4. The Morgan fingerprint density at radius 1 is 1.22 bits per heavy atom. The van der Waals surface area contributed by atoms with Crippen LogP contribution < -0.4 is 0 Å². The Kier molecular flexibility index (Phi) is 4.74. The van der Waals surface area contributed by atoms with Crippen molar-refractivity contribution in [3.8, 4) is 0 Å². The summed E-state index contributed by atoms with van der Waals surface area (Å²) in [5.41, 5.74) is 3.51. The highest BCUT2D eigenvalue weighted by molar-refractivity contribution is 5.89. The largest absolute Gasteiger partial charge is 0.461 e. The number of benzene rings is 1. The zero-order valence-corrected chi connectivity index (χ0v) is 13.3. The first kappa shape index (κ1) is 15.7. The zero-order valence-electron chi connectivity index (χ0n) is 13.3. The van der Waals surface area contributed by atoms with E-state index in [-0.39, 0.29) is 11.8 Å². The lowest BCUT2D eigenvalue weighted by atomic mass is 10.1. The summed E-state index contributed by atoms with van der Waals surface area (Å²) in [5, 5.41) is 4.65. The minimum absolute atomic E-state index is 0.268. The molecule has 3 rings (SSSR count). The molecular weight excluding hydrogens is 295 g/mol. The summed E-state index contributed by atoms with van der Waals surface area (Å²) in [6.07, 6.45) is 5.10.